The molecule has 0 aliphatic carbocycles. The Morgan fingerprint density at radius 2 is 1.95 bits per heavy atom. The highest BCUT2D eigenvalue weighted by Gasteiger charge is 2.37. The number of nitrogens with zero attached hydrogens (tertiary/aromatic N) is 1. The predicted molar refractivity (Wildman–Crippen MR) is 87.5 cm³/mol. The smallest absolute Gasteiger partial charge is 0.0334 e. The van der Waals surface area contributed by atoms with Crippen molar-refractivity contribution in [1.82, 2.24) is 10.2 Å². The molecule has 2 bridgehead atoms. The summed E-state index contributed by atoms with van der Waals surface area (Å²) >= 11 is 2.00. The third-order valence-electron chi connectivity index (χ3n) is 5.17. The minimum Gasteiger partial charge on any atom is -0.314 e. The predicted octanol–water partition coefficient (Wildman–Crippen LogP) is 3.86. The second kappa shape index (κ2) is 6.17. The third-order valence-corrected chi connectivity index (χ3v) is 6.31. The van der Waals surface area contributed by atoms with Gasteiger partial charge >= 0.3 is 0 Å². The first kappa shape index (κ1) is 14.6. The highest BCUT2D eigenvalue weighted by atomic mass is 32.1. The fraction of sp³-hybridized carbons (Fsp3) is 0.765. The molecule has 3 heteroatoms. The quantitative estimate of drug-likeness (QED) is 0.906. The van der Waals surface area contributed by atoms with Gasteiger partial charge in [0.05, 0.1) is 0 Å². The van der Waals surface area contributed by atoms with Gasteiger partial charge in [-0.25, -0.2) is 0 Å². The van der Waals surface area contributed by atoms with E-state index in [4.69, 9.17) is 0 Å². The van der Waals surface area contributed by atoms with Crippen molar-refractivity contribution in [3.63, 3.8) is 0 Å². The number of hydrogen-bond donors (Lipinski definition) is 1. The molecule has 0 aromatic carbocycles. The highest BCUT2D eigenvalue weighted by molar-refractivity contribution is 7.12. The zero-order chi connectivity index (χ0) is 14.1. The lowest BCUT2D eigenvalue weighted by Gasteiger charge is -2.49. The molecule has 2 unspecified atom stereocenters. The van der Waals surface area contributed by atoms with Crippen molar-refractivity contribution in [1.29, 1.82) is 0 Å². The van der Waals surface area contributed by atoms with Crippen molar-refractivity contribution in [2.75, 3.05) is 6.54 Å². The first-order valence-electron chi connectivity index (χ1n) is 8.22. The third kappa shape index (κ3) is 2.95. The molecule has 3 rings (SSSR count). The Bertz CT molecular complexity index is 420. The Balaban J connectivity index is 1.70. The number of hydrogen-bond acceptors (Lipinski definition) is 3. The molecule has 112 valence electrons. The van der Waals surface area contributed by atoms with E-state index >= 15 is 0 Å². The average molecular weight is 292 g/mol. The molecule has 0 saturated carbocycles. The summed E-state index contributed by atoms with van der Waals surface area (Å²) < 4.78 is 0. The monoisotopic (exact) mass is 292 g/mol. The minimum absolute atomic E-state index is 0.762. The van der Waals surface area contributed by atoms with Gasteiger partial charge in [0, 0.05) is 34.4 Å². The van der Waals surface area contributed by atoms with Crippen LogP contribution in [0.3, 0.4) is 0 Å². The molecule has 2 saturated heterocycles. The fourth-order valence-corrected chi connectivity index (χ4v) is 5.16. The van der Waals surface area contributed by atoms with Gasteiger partial charge in [-0.3, -0.25) is 4.90 Å². The molecule has 2 nitrogen and oxygen atoms in total. The fourth-order valence-electron chi connectivity index (χ4n) is 4.10. The Hall–Kier alpha value is -0.380. The molecular weight excluding hydrogens is 264 g/mol. The van der Waals surface area contributed by atoms with Crippen molar-refractivity contribution in [2.24, 2.45) is 0 Å². The summed E-state index contributed by atoms with van der Waals surface area (Å²) in [5.74, 6) is 0. The molecular formula is C17H28N2S. The molecule has 2 atom stereocenters. The van der Waals surface area contributed by atoms with E-state index in [0.717, 1.165) is 24.7 Å². The maximum atomic E-state index is 3.69. The number of piperidine rings is 2. The normalized spacial score (nSPS) is 30.6. The maximum Gasteiger partial charge on any atom is 0.0334 e. The lowest BCUT2D eigenvalue weighted by molar-refractivity contribution is 0.0188. The van der Waals surface area contributed by atoms with Gasteiger partial charge in [0.1, 0.15) is 0 Å². The molecule has 1 N–H and O–H groups in total. The van der Waals surface area contributed by atoms with Crippen LogP contribution in [-0.2, 0) is 6.54 Å². The summed E-state index contributed by atoms with van der Waals surface area (Å²) in [4.78, 5) is 5.88. The van der Waals surface area contributed by atoms with Crippen LogP contribution in [0.4, 0.5) is 0 Å². The van der Waals surface area contributed by atoms with E-state index in [1.54, 1.807) is 4.88 Å². The van der Waals surface area contributed by atoms with Crippen LogP contribution < -0.4 is 5.32 Å². The summed E-state index contributed by atoms with van der Waals surface area (Å²) in [7, 11) is 0. The van der Waals surface area contributed by atoms with E-state index in [-0.39, 0.29) is 0 Å². The van der Waals surface area contributed by atoms with Crippen LogP contribution in [0.2, 0.25) is 0 Å². The van der Waals surface area contributed by atoms with Crippen LogP contribution in [0, 0.1) is 13.8 Å². The molecule has 2 aliphatic rings. The Labute approximate surface area is 127 Å². The second-order valence-corrected chi connectivity index (χ2v) is 7.93. The molecule has 20 heavy (non-hydrogen) atoms. The van der Waals surface area contributed by atoms with Crippen LogP contribution in [0.25, 0.3) is 0 Å². The standard InChI is InChI=1S/C17H28N2S/c1-4-18-14-9-15-6-5-7-16(10-14)19(15)11-17-8-12(2)13(3)20-17/h8,14-16,18H,4-7,9-11H2,1-3H3. The van der Waals surface area contributed by atoms with Gasteiger partial charge in [-0.2, -0.15) is 0 Å². The van der Waals surface area contributed by atoms with Gasteiger partial charge in [-0.15, -0.1) is 11.3 Å². The summed E-state index contributed by atoms with van der Waals surface area (Å²) in [5.41, 5.74) is 1.47. The zero-order valence-corrected chi connectivity index (χ0v) is 13.9. The van der Waals surface area contributed by atoms with Crippen molar-refractivity contribution < 1.29 is 0 Å². The van der Waals surface area contributed by atoms with Crippen LogP contribution in [-0.4, -0.2) is 29.6 Å². The Morgan fingerprint density at radius 3 is 2.50 bits per heavy atom. The van der Waals surface area contributed by atoms with Crippen molar-refractivity contribution >= 4 is 11.3 Å². The van der Waals surface area contributed by atoms with E-state index in [0.29, 0.717) is 0 Å². The van der Waals surface area contributed by atoms with Crippen molar-refractivity contribution in [3.8, 4) is 0 Å². The first-order valence-corrected chi connectivity index (χ1v) is 9.04. The van der Waals surface area contributed by atoms with Crippen LogP contribution in [0.5, 0.6) is 0 Å². The van der Waals surface area contributed by atoms with Crippen LogP contribution >= 0.6 is 11.3 Å². The Morgan fingerprint density at radius 1 is 1.25 bits per heavy atom. The summed E-state index contributed by atoms with van der Waals surface area (Å²) in [6.07, 6.45) is 6.96. The molecule has 0 spiro atoms. The summed E-state index contributed by atoms with van der Waals surface area (Å²) in [5, 5.41) is 3.69. The van der Waals surface area contributed by atoms with Crippen molar-refractivity contribution in [2.45, 2.75) is 77.5 Å². The van der Waals surface area contributed by atoms with Gasteiger partial charge in [0.25, 0.3) is 0 Å². The number of thiophene rings is 1. The average Bonchev–Trinajstić information content (AvgIpc) is 2.69. The van der Waals surface area contributed by atoms with E-state index in [2.05, 4.69) is 37.1 Å². The van der Waals surface area contributed by atoms with E-state index in [1.807, 2.05) is 11.3 Å². The van der Waals surface area contributed by atoms with Gasteiger partial charge in [0.2, 0.25) is 0 Å². The number of rotatable bonds is 4. The van der Waals surface area contributed by atoms with Gasteiger partial charge in [-0.05, 0) is 57.7 Å². The molecule has 1 aromatic heterocycles. The maximum absolute atomic E-state index is 3.69. The van der Waals surface area contributed by atoms with E-state index in [1.165, 1.54) is 49.1 Å². The number of fused-ring (bicyclic) bond motifs is 2. The highest BCUT2D eigenvalue weighted by Crippen LogP contribution is 2.36. The number of nitrogens with one attached hydrogen (secondary N) is 1. The lowest BCUT2D eigenvalue weighted by Crippen LogP contribution is -2.55. The second-order valence-electron chi connectivity index (χ2n) is 6.59. The van der Waals surface area contributed by atoms with Crippen LogP contribution in [0.15, 0.2) is 6.07 Å². The summed E-state index contributed by atoms with van der Waals surface area (Å²) in [6.45, 7) is 9.04. The molecule has 2 fully saturated rings. The minimum atomic E-state index is 0.762. The van der Waals surface area contributed by atoms with E-state index < -0.39 is 0 Å². The molecule has 0 radical (unpaired) electrons. The van der Waals surface area contributed by atoms with Gasteiger partial charge in [-0.1, -0.05) is 13.3 Å². The first-order chi connectivity index (χ1) is 9.67. The molecule has 1 aromatic rings. The zero-order valence-electron chi connectivity index (χ0n) is 13.1. The van der Waals surface area contributed by atoms with Crippen molar-refractivity contribution in [3.05, 3.63) is 21.4 Å². The van der Waals surface area contributed by atoms with Crippen LogP contribution in [0.1, 0.15) is 54.3 Å². The van der Waals surface area contributed by atoms with Gasteiger partial charge < -0.3 is 5.32 Å². The molecule has 0 amide bonds. The lowest BCUT2D eigenvalue weighted by atomic mass is 9.81. The summed E-state index contributed by atoms with van der Waals surface area (Å²) in [6, 6.07) is 4.80. The Kier molecular flexibility index (Phi) is 4.49. The number of aryl methyl sites for hydroxylation is 2. The SMILES string of the molecule is CCNC1CC2CCCC(C1)N2Cc1cc(C)c(C)s1. The molecule has 2 aliphatic heterocycles. The molecule has 3 heterocycles. The topological polar surface area (TPSA) is 15.3 Å². The largest absolute Gasteiger partial charge is 0.314 e. The van der Waals surface area contributed by atoms with Gasteiger partial charge in [0.15, 0.2) is 0 Å². The van der Waals surface area contributed by atoms with E-state index in [9.17, 15) is 0 Å².